The Morgan fingerprint density at radius 1 is 1.13 bits per heavy atom. The third-order valence-corrected chi connectivity index (χ3v) is 3.45. The topological polar surface area (TPSA) is 60.9 Å². The van der Waals surface area contributed by atoms with Crippen LogP contribution in [0.2, 0.25) is 0 Å². The second-order valence-electron chi connectivity index (χ2n) is 4.33. The minimum Gasteiger partial charge on any atom is -0.480 e. The monoisotopic (exact) mass is 212 g/mol. The van der Waals surface area contributed by atoms with E-state index in [0.29, 0.717) is 26.2 Å². The van der Waals surface area contributed by atoms with Gasteiger partial charge in [-0.25, -0.2) is 0 Å². The van der Waals surface area contributed by atoms with E-state index >= 15 is 0 Å². The average Bonchev–Trinajstić information content (AvgIpc) is 2.98. The predicted octanol–water partition coefficient (Wildman–Crippen LogP) is -0.232. The van der Waals surface area contributed by atoms with Crippen molar-refractivity contribution in [1.29, 1.82) is 0 Å². The molecule has 1 aliphatic heterocycles. The molecular formula is C10H16N2O3. The largest absolute Gasteiger partial charge is 0.480 e. The SMILES string of the molecule is CC(=O)N1CCN(C2(C(=O)O)CC2)CC1. The highest BCUT2D eigenvalue weighted by Gasteiger charge is 2.55. The molecule has 2 aliphatic rings. The van der Waals surface area contributed by atoms with E-state index in [0.717, 1.165) is 12.8 Å². The molecule has 0 bridgehead atoms. The van der Waals surface area contributed by atoms with E-state index in [-0.39, 0.29) is 5.91 Å². The summed E-state index contributed by atoms with van der Waals surface area (Å²) in [7, 11) is 0. The van der Waals surface area contributed by atoms with Crippen molar-refractivity contribution in [2.24, 2.45) is 0 Å². The van der Waals surface area contributed by atoms with Crippen molar-refractivity contribution < 1.29 is 14.7 Å². The van der Waals surface area contributed by atoms with Gasteiger partial charge >= 0.3 is 5.97 Å². The first-order chi connectivity index (χ1) is 7.06. The Labute approximate surface area is 88.6 Å². The Bertz CT molecular complexity index is 291. The Hall–Kier alpha value is -1.10. The van der Waals surface area contributed by atoms with Gasteiger partial charge in [0.15, 0.2) is 0 Å². The maximum atomic E-state index is 11.1. The molecule has 1 aliphatic carbocycles. The summed E-state index contributed by atoms with van der Waals surface area (Å²) in [5, 5.41) is 9.11. The van der Waals surface area contributed by atoms with Crippen LogP contribution < -0.4 is 0 Å². The maximum absolute atomic E-state index is 11.1. The first-order valence-corrected chi connectivity index (χ1v) is 5.30. The summed E-state index contributed by atoms with van der Waals surface area (Å²) >= 11 is 0. The lowest BCUT2D eigenvalue weighted by Gasteiger charge is -2.37. The highest BCUT2D eigenvalue weighted by atomic mass is 16.4. The summed E-state index contributed by atoms with van der Waals surface area (Å²) in [5.41, 5.74) is -0.594. The quantitative estimate of drug-likeness (QED) is 0.686. The fourth-order valence-corrected chi connectivity index (χ4v) is 2.23. The molecule has 5 nitrogen and oxygen atoms in total. The predicted molar refractivity (Wildman–Crippen MR) is 53.4 cm³/mol. The molecular weight excluding hydrogens is 196 g/mol. The highest BCUT2D eigenvalue weighted by molar-refractivity contribution is 5.82. The number of aliphatic carboxylic acids is 1. The number of hydrogen-bond acceptors (Lipinski definition) is 3. The number of carbonyl (C=O) groups excluding carboxylic acids is 1. The van der Waals surface area contributed by atoms with E-state index in [4.69, 9.17) is 5.11 Å². The zero-order chi connectivity index (χ0) is 11.1. The number of piperazine rings is 1. The smallest absolute Gasteiger partial charge is 0.324 e. The molecule has 0 aromatic heterocycles. The van der Waals surface area contributed by atoms with Crippen LogP contribution in [0, 0.1) is 0 Å². The molecule has 1 saturated carbocycles. The van der Waals surface area contributed by atoms with Gasteiger partial charge in [0.1, 0.15) is 5.54 Å². The number of carboxylic acid groups (broad SMARTS) is 1. The molecule has 0 atom stereocenters. The second-order valence-corrected chi connectivity index (χ2v) is 4.33. The number of carbonyl (C=O) groups is 2. The van der Waals surface area contributed by atoms with Gasteiger partial charge in [-0.1, -0.05) is 0 Å². The fraction of sp³-hybridized carbons (Fsp3) is 0.800. The highest BCUT2D eigenvalue weighted by Crippen LogP contribution is 2.42. The lowest BCUT2D eigenvalue weighted by atomic mass is 10.2. The molecule has 84 valence electrons. The molecule has 1 N–H and O–H groups in total. The fourth-order valence-electron chi connectivity index (χ4n) is 2.23. The molecule has 2 fully saturated rings. The van der Waals surface area contributed by atoms with Crippen molar-refractivity contribution in [3.8, 4) is 0 Å². The van der Waals surface area contributed by atoms with Gasteiger partial charge in [-0.05, 0) is 12.8 Å². The van der Waals surface area contributed by atoms with Crippen LogP contribution in [-0.2, 0) is 9.59 Å². The minimum atomic E-state index is -0.709. The van der Waals surface area contributed by atoms with Crippen LogP contribution in [0.15, 0.2) is 0 Å². The van der Waals surface area contributed by atoms with Crippen LogP contribution in [0.4, 0.5) is 0 Å². The number of rotatable bonds is 2. The second kappa shape index (κ2) is 3.48. The molecule has 2 rings (SSSR count). The number of nitrogens with zero attached hydrogens (tertiary/aromatic N) is 2. The van der Waals surface area contributed by atoms with Gasteiger partial charge in [-0.3, -0.25) is 14.5 Å². The van der Waals surface area contributed by atoms with Crippen molar-refractivity contribution in [1.82, 2.24) is 9.80 Å². The average molecular weight is 212 g/mol. The summed E-state index contributed by atoms with van der Waals surface area (Å²) in [5.74, 6) is -0.631. The molecule has 0 aromatic rings. The van der Waals surface area contributed by atoms with Crippen molar-refractivity contribution in [2.45, 2.75) is 25.3 Å². The number of amides is 1. The Morgan fingerprint density at radius 2 is 1.67 bits per heavy atom. The first-order valence-electron chi connectivity index (χ1n) is 5.30. The van der Waals surface area contributed by atoms with E-state index in [9.17, 15) is 9.59 Å². The Morgan fingerprint density at radius 3 is 2.00 bits per heavy atom. The minimum absolute atomic E-state index is 0.0785. The number of hydrogen-bond donors (Lipinski definition) is 1. The van der Waals surface area contributed by atoms with Crippen LogP contribution in [0.25, 0.3) is 0 Å². The van der Waals surface area contributed by atoms with E-state index < -0.39 is 11.5 Å². The van der Waals surface area contributed by atoms with Gasteiger partial charge in [0.25, 0.3) is 0 Å². The van der Waals surface area contributed by atoms with Crippen LogP contribution in [-0.4, -0.2) is 58.5 Å². The van der Waals surface area contributed by atoms with Gasteiger partial charge in [-0.15, -0.1) is 0 Å². The van der Waals surface area contributed by atoms with E-state index in [1.165, 1.54) is 0 Å². The van der Waals surface area contributed by atoms with E-state index in [2.05, 4.69) is 0 Å². The molecule has 1 heterocycles. The first kappa shape index (κ1) is 10.4. The van der Waals surface area contributed by atoms with Crippen molar-refractivity contribution >= 4 is 11.9 Å². The van der Waals surface area contributed by atoms with Gasteiger partial charge in [-0.2, -0.15) is 0 Å². The molecule has 5 heteroatoms. The molecule has 1 amide bonds. The number of carboxylic acids is 1. The lowest BCUT2D eigenvalue weighted by molar-refractivity contribution is -0.146. The third kappa shape index (κ3) is 1.71. The van der Waals surface area contributed by atoms with Crippen LogP contribution in [0.3, 0.4) is 0 Å². The van der Waals surface area contributed by atoms with Crippen LogP contribution in [0.1, 0.15) is 19.8 Å². The summed E-state index contributed by atoms with van der Waals surface area (Å²) < 4.78 is 0. The zero-order valence-electron chi connectivity index (χ0n) is 8.90. The van der Waals surface area contributed by atoms with Crippen LogP contribution >= 0.6 is 0 Å². The Kier molecular flexibility index (Phi) is 2.42. The summed E-state index contributed by atoms with van der Waals surface area (Å²) in [4.78, 5) is 26.0. The summed E-state index contributed by atoms with van der Waals surface area (Å²) in [6.45, 7) is 4.24. The standard InChI is InChI=1S/C10H16N2O3/c1-8(13)11-4-6-12(7-5-11)10(2-3-10)9(14)15/h2-7H2,1H3,(H,14,15). The van der Waals surface area contributed by atoms with E-state index in [1.807, 2.05) is 4.90 Å². The third-order valence-electron chi connectivity index (χ3n) is 3.45. The molecule has 0 spiro atoms. The molecule has 1 saturated heterocycles. The van der Waals surface area contributed by atoms with Gasteiger partial charge < -0.3 is 10.0 Å². The summed E-state index contributed by atoms with van der Waals surface area (Å²) in [6, 6.07) is 0. The van der Waals surface area contributed by atoms with Gasteiger partial charge in [0, 0.05) is 33.1 Å². The van der Waals surface area contributed by atoms with E-state index in [1.54, 1.807) is 11.8 Å². The molecule has 0 unspecified atom stereocenters. The van der Waals surface area contributed by atoms with Gasteiger partial charge in [0.2, 0.25) is 5.91 Å². The van der Waals surface area contributed by atoms with Crippen molar-refractivity contribution in [3.05, 3.63) is 0 Å². The van der Waals surface area contributed by atoms with Crippen molar-refractivity contribution in [2.75, 3.05) is 26.2 Å². The lowest BCUT2D eigenvalue weighted by Crippen LogP contribution is -2.54. The normalized spacial score (nSPS) is 25.0. The summed E-state index contributed by atoms with van der Waals surface area (Å²) in [6.07, 6.45) is 1.50. The van der Waals surface area contributed by atoms with Gasteiger partial charge in [0.05, 0.1) is 0 Å². The zero-order valence-corrected chi connectivity index (χ0v) is 8.90. The van der Waals surface area contributed by atoms with Crippen LogP contribution in [0.5, 0.6) is 0 Å². The molecule has 0 aromatic carbocycles. The maximum Gasteiger partial charge on any atom is 0.324 e. The van der Waals surface area contributed by atoms with Crippen molar-refractivity contribution in [3.63, 3.8) is 0 Å². The molecule has 0 radical (unpaired) electrons. The Balaban J connectivity index is 1.94. The molecule has 15 heavy (non-hydrogen) atoms.